The van der Waals surface area contributed by atoms with E-state index in [0.29, 0.717) is 6.42 Å². The standard InChI is InChI=1S/C21H32O5/c1-7-14(6)18(23)17-19(24)15(10-8-12(2)3)21(26,20(17)25)16(22)11-9-13(4)5/h8-9,14-17,22,26H,7,10-11H2,1-6H3/t14?,15-,16?,17?,21+/m1/s1. The highest BCUT2D eigenvalue weighted by atomic mass is 16.4. The Bertz CT molecular complexity index is 622. The van der Waals surface area contributed by atoms with Crippen molar-refractivity contribution in [3.8, 4) is 0 Å². The first kappa shape index (κ1) is 22.5. The van der Waals surface area contributed by atoms with Crippen molar-refractivity contribution < 1.29 is 24.6 Å². The molecule has 1 saturated carbocycles. The second-order valence-corrected chi connectivity index (χ2v) is 7.84. The largest absolute Gasteiger partial charge is 0.389 e. The number of carbonyl (C=O) groups excluding carboxylic acids is 3. The van der Waals surface area contributed by atoms with Gasteiger partial charge >= 0.3 is 0 Å². The van der Waals surface area contributed by atoms with Crippen LogP contribution in [0.2, 0.25) is 0 Å². The van der Waals surface area contributed by atoms with E-state index in [0.717, 1.165) is 11.1 Å². The van der Waals surface area contributed by atoms with Crippen molar-refractivity contribution in [1.29, 1.82) is 0 Å². The number of hydrogen-bond donors (Lipinski definition) is 2. The van der Waals surface area contributed by atoms with Gasteiger partial charge in [-0.15, -0.1) is 0 Å². The van der Waals surface area contributed by atoms with Gasteiger partial charge in [-0.25, -0.2) is 0 Å². The summed E-state index contributed by atoms with van der Waals surface area (Å²) in [5.41, 5.74) is -0.372. The molecule has 0 aromatic carbocycles. The van der Waals surface area contributed by atoms with Gasteiger partial charge in [-0.2, -0.15) is 0 Å². The lowest BCUT2D eigenvalue weighted by Gasteiger charge is -2.31. The van der Waals surface area contributed by atoms with Crippen LogP contribution in [-0.2, 0) is 14.4 Å². The maximum atomic E-state index is 12.9. The zero-order valence-corrected chi connectivity index (χ0v) is 16.7. The first-order chi connectivity index (χ1) is 12.0. The highest BCUT2D eigenvalue weighted by Crippen LogP contribution is 2.41. The van der Waals surface area contributed by atoms with Crippen molar-refractivity contribution in [2.75, 3.05) is 0 Å². The van der Waals surface area contributed by atoms with Gasteiger partial charge in [-0.3, -0.25) is 14.4 Å². The minimum atomic E-state index is -2.23. The minimum absolute atomic E-state index is 0.0490. The van der Waals surface area contributed by atoms with E-state index in [1.807, 2.05) is 34.6 Å². The number of aliphatic hydroxyl groups excluding tert-OH is 1. The van der Waals surface area contributed by atoms with E-state index in [-0.39, 0.29) is 12.8 Å². The molecule has 5 heteroatoms. The summed E-state index contributed by atoms with van der Waals surface area (Å²) in [6.07, 6.45) is 2.71. The molecule has 5 atom stereocenters. The molecule has 0 aromatic rings. The summed E-state index contributed by atoms with van der Waals surface area (Å²) >= 11 is 0. The number of ketones is 3. The molecule has 2 N–H and O–H groups in total. The molecule has 0 bridgehead atoms. The third-order valence-electron chi connectivity index (χ3n) is 5.22. The number of aliphatic hydroxyl groups is 2. The SMILES string of the molecule is CCC(C)C(=O)C1C(=O)[C@@H](CC=C(C)C)[C@](O)(C(O)CC=C(C)C)C1=O. The molecule has 146 valence electrons. The highest BCUT2D eigenvalue weighted by Gasteiger charge is 2.64. The average Bonchev–Trinajstić information content (AvgIpc) is 2.76. The average molecular weight is 364 g/mol. The molecular formula is C21H32O5. The molecule has 0 aromatic heterocycles. The van der Waals surface area contributed by atoms with Gasteiger partial charge in [0.15, 0.2) is 23.0 Å². The van der Waals surface area contributed by atoms with Crippen LogP contribution in [0.15, 0.2) is 23.3 Å². The van der Waals surface area contributed by atoms with Gasteiger partial charge in [0.1, 0.15) is 5.92 Å². The lowest BCUT2D eigenvalue weighted by atomic mass is 9.80. The van der Waals surface area contributed by atoms with Crippen LogP contribution in [0.5, 0.6) is 0 Å². The Labute approximate surface area is 156 Å². The molecule has 3 unspecified atom stereocenters. The lowest BCUT2D eigenvalue weighted by Crippen LogP contribution is -2.52. The van der Waals surface area contributed by atoms with Crippen LogP contribution >= 0.6 is 0 Å². The summed E-state index contributed by atoms with van der Waals surface area (Å²) in [4.78, 5) is 38.4. The molecule has 5 nitrogen and oxygen atoms in total. The second kappa shape index (κ2) is 8.87. The van der Waals surface area contributed by atoms with E-state index in [9.17, 15) is 24.6 Å². The van der Waals surface area contributed by atoms with Crippen LogP contribution in [0.4, 0.5) is 0 Å². The monoisotopic (exact) mass is 364 g/mol. The van der Waals surface area contributed by atoms with E-state index < -0.39 is 46.8 Å². The Hall–Kier alpha value is -1.59. The van der Waals surface area contributed by atoms with Gasteiger partial charge in [0, 0.05) is 5.92 Å². The first-order valence-electron chi connectivity index (χ1n) is 9.27. The van der Waals surface area contributed by atoms with Gasteiger partial charge in [0.25, 0.3) is 0 Å². The Morgan fingerprint density at radius 1 is 1.15 bits per heavy atom. The van der Waals surface area contributed by atoms with Crippen molar-refractivity contribution in [3.05, 3.63) is 23.3 Å². The number of Topliss-reactive ketones (excluding diaryl/α,β-unsaturated/α-hetero) is 3. The summed E-state index contributed by atoms with van der Waals surface area (Å²) in [5, 5.41) is 21.7. The van der Waals surface area contributed by atoms with Crippen LogP contribution in [0.25, 0.3) is 0 Å². The maximum Gasteiger partial charge on any atom is 0.185 e. The van der Waals surface area contributed by atoms with Gasteiger partial charge in [0.2, 0.25) is 0 Å². The third-order valence-corrected chi connectivity index (χ3v) is 5.22. The molecule has 0 aliphatic heterocycles. The van der Waals surface area contributed by atoms with Crippen LogP contribution in [0, 0.1) is 17.8 Å². The molecule has 0 spiro atoms. The summed E-state index contributed by atoms with van der Waals surface area (Å²) in [6, 6.07) is 0. The summed E-state index contributed by atoms with van der Waals surface area (Å²) in [6.45, 7) is 10.9. The number of carbonyl (C=O) groups is 3. The fourth-order valence-electron chi connectivity index (χ4n) is 3.28. The minimum Gasteiger partial charge on any atom is -0.389 e. The number of hydrogen-bond acceptors (Lipinski definition) is 5. The third kappa shape index (κ3) is 4.38. The Balaban J connectivity index is 3.35. The van der Waals surface area contributed by atoms with Crippen molar-refractivity contribution >= 4 is 17.3 Å². The zero-order chi connectivity index (χ0) is 20.2. The van der Waals surface area contributed by atoms with Crippen molar-refractivity contribution in [3.63, 3.8) is 0 Å². The molecule has 26 heavy (non-hydrogen) atoms. The topological polar surface area (TPSA) is 91.7 Å². The molecule has 0 radical (unpaired) electrons. The Morgan fingerprint density at radius 2 is 1.69 bits per heavy atom. The first-order valence-corrected chi connectivity index (χ1v) is 9.27. The molecule has 0 amide bonds. The smallest absolute Gasteiger partial charge is 0.185 e. The van der Waals surface area contributed by atoms with Crippen LogP contribution in [0.1, 0.15) is 60.8 Å². The predicted octanol–water partition coefficient (Wildman–Crippen LogP) is 2.79. The molecule has 1 aliphatic carbocycles. The van der Waals surface area contributed by atoms with E-state index in [1.165, 1.54) is 0 Å². The molecule has 1 fully saturated rings. The van der Waals surface area contributed by atoms with Gasteiger partial charge in [-0.1, -0.05) is 37.1 Å². The highest BCUT2D eigenvalue weighted by molar-refractivity contribution is 6.28. The van der Waals surface area contributed by atoms with Gasteiger partial charge in [0.05, 0.1) is 12.0 Å². The van der Waals surface area contributed by atoms with Crippen LogP contribution in [-0.4, -0.2) is 39.3 Å². The van der Waals surface area contributed by atoms with Crippen LogP contribution in [0.3, 0.4) is 0 Å². The van der Waals surface area contributed by atoms with E-state index in [2.05, 4.69) is 0 Å². The fraction of sp³-hybridized carbons (Fsp3) is 0.667. The molecule has 1 aliphatic rings. The van der Waals surface area contributed by atoms with E-state index in [1.54, 1.807) is 19.1 Å². The van der Waals surface area contributed by atoms with Gasteiger partial charge in [-0.05, 0) is 47.0 Å². The molecule has 0 heterocycles. The fourth-order valence-corrected chi connectivity index (χ4v) is 3.28. The normalized spacial score (nSPS) is 27.8. The summed E-state index contributed by atoms with van der Waals surface area (Å²) in [7, 11) is 0. The summed E-state index contributed by atoms with van der Waals surface area (Å²) < 4.78 is 0. The molecule has 1 rings (SSSR count). The summed E-state index contributed by atoms with van der Waals surface area (Å²) in [5.74, 6) is -4.93. The maximum absolute atomic E-state index is 12.9. The number of allylic oxidation sites excluding steroid dienone is 3. The molecular weight excluding hydrogens is 332 g/mol. The zero-order valence-electron chi connectivity index (χ0n) is 16.7. The Kier molecular flexibility index (Phi) is 7.66. The van der Waals surface area contributed by atoms with Crippen LogP contribution < -0.4 is 0 Å². The second-order valence-electron chi connectivity index (χ2n) is 7.84. The van der Waals surface area contributed by atoms with E-state index >= 15 is 0 Å². The number of rotatable bonds is 8. The Morgan fingerprint density at radius 3 is 2.15 bits per heavy atom. The van der Waals surface area contributed by atoms with E-state index in [4.69, 9.17) is 0 Å². The van der Waals surface area contributed by atoms with Gasteiger partial charge < -0.3 is 10.2 Å². The van der Waals surface area contributed by atoms with Crippen molar-refractivity contribution in [1.82, 2.24) is 0 Å². The quantitative estimate of drug-likeness (QED) is 0.510. The lowest BCUT2D eigenvalue weighted by molar-refractivity contribution is -0.156. The molecule has 0 saturated heterocycles. The predicted molar refractivity (Wildman–Crippen MR) is 101 cm³/mol. The van der Waals surface area contributed by atoms with Crippen molar-refractivity contribution in [2.45, 2.75) is 72.5 Å². The van der Waals surface area contributed by atoms with Crippen molar-refractivity contribution in [2.24, 2.45) is 17.8 Å².